The Morgan fingerprint density at radius 2 is 1.04 bits per heavy atom. The number of aromatic nitrogens is 4. The third-order valence-corrected chi connectivity index (χ3v) is 11.4. The Bertz CT molecular complexity index is 3190. The summed E-state index contributed by atoms with van der Waals surface area (Å²) in [6, 6.07) is 60.3. The Hall–Kier alpha value is -6.69. The average molecular weight is 681 g/mol. The van der Waals surface area contributed by atoms with Crippen LogP contribution in [0.2, 0.25) is 0 Å². The van der Waals surface area contributed by atoms with Crippen molar-refractivity contribution in [1.29, 1.82) is 0 Å². The predicted octanol–water partition coefficient (Wildman–Crippen LogP) is 12.6. The first-order valence-electron chi connectivity index (χ1n) is 17.5. The van der Waals surface area contributed by atoms with Crippen LogP contribution in [0, 0.1) is 0 Å². The summed E-state index contributed by atoms with van der Waals surface area (Å²) in [7, 11) is 0. The minimum absolute atomic E-state index is 0.649. The molecule has 8 aromatic carbocycles. The number of benzene rings is 8. The van der Waals surface area contributed by atoms with Crippen LogP contribution in [0.1, 0.15) is 0 Å². The van der Waals surface area contributed by atoms with E-state index in [1.165, 1.54) is 52.8 Å². The van der Waals surface area contributed by atoms with Gasteiger partial charge in [0.1, 0.15) is 0 Å². The summed E-state index contributed by atoms with van der Waals surface area (Å²) in [6.07, 6.45) is 0. The average Bonchev–Trinajstić information content (AvgIpc) is 3.76. The van der Waals surface area contributed by atoms with Gasteiger partial charge in [-0.25, -0.2) is 15.0 Å². The van der Waals surface area contributed by atoms with E-state index in [1.807, 2.05) is 18.2 Å². The van der Waals surface area contributed by atoms with Gasteiger partial charge in [-0.1, -0.05) is 133 Å². The number of nitrogens with zero attached hydrogens (tertiary/aromatic N) is 4. The summed E-state index contributed by atoms with van der Waals surface area (Å²) in [5.74, 6) is 1.96. The van der Waals surface area contributed by atoms with Gasteiger partial charge in [0, 0.05) is 53.0 Å². The number of hydrogen-bond acceptors (Lipinski definition) is 4. The molecule has 0 atom stereocenters. The van der Waals surface area contributed by atoms with Crippen molar-refractivity contribution < 1.29 is 0 Å². The molecule has 3 heterocycles. The minimum atomic E-state index is 0.649. The SMILES string of the molecule is c1ccc(-c2nc(-c3ccc4c(c3)sc3ccccc34)nc(-c3ccc(-n4c5ccccc5c5c6ccccc6ccc54)c4ccccc34)n2)cc1. The van der Waals surface area contributed by atoms with Gasteiger partial charge in [-0.15, -0.1) is 11.3 Å². The summed E-state index contributed by atoms with van der Waals surface area (Å²) < 4.78 is 4.91. The fourth-order valence-corrected chi connectivity index (χ4v) is 9.02. The van der Waals surface area contributed by atoms with E-state index in [9.17, 15) is 0 Å². The lowest BCUT2D eigenvalue weighted by molar-refractivity contribution is 1.08. The summed E-state index contributed by atoms with van der Waals surface area (Å²) in [5.41, 5.74) is 6.37. The molecule has 5 heteroatoms. The maximum atomic E-state index is 5.21. The number of rotatable bonds is 4. The van der Waals surface area contributed by atoms with Crippen molar-refractivity contribution in [2.75, 3.05) is 0 Å². The van der Waals surface area contributed by atoms with Crippen molar-refractivity contribution in [3.8, 4) is 39.9 Å². The largest absolute Gasteiger partial charge is 0.309 e. The van der Waals surface area contributed by atoms with Crippen molar-refractivity contribution in [1.82, 2.24) is 19.5 Å². The third kappa shape index (κ3) is 4.43. The molecule has 52 heavy (non-hydrogen) atoms. The molecule has 0 fully saturated rings. The molecule has 0 aliphatic carbocycles. The van der Waals surface area contributed by atoms with E-state index >= 15 is 0 Å². The highest BCUT2D eigenvalue weighted by Gasteiger charge is 2.20. The minimum Gasteiger partial charge on any atom is -0.309 e. The predicted molar refractivity (Wildman–Crippen MR) is 218 cm³/mol. The second kappa shape index (κ2) is 11.4. The molecule has 0 radical (unpaired) electrons. The fourth-order valence-electron chi connectivity index (χ4n) is 7.88. The van der Waals surface area contributed by atoms with Gasteiger partial charge in [0.25, 0.3) is 0 Å². The van der Waals surface area contributed by atoms with Crippen molar-refractivity contribution in [2.24, 2.45) is 0 Å². The highest BCUT2D eigenvalue weighted by atomic mass is 32.1. The molecule has 0 saturated heterocycles. The molecule has 242 valence electrons. The first kappa shape index (κ1) is 29.1. The second-order valence-electron chi connectivity index (χ2n) is 13.2. The summed E-state index contributed by atoms with van der Waals surface area (Å²) in [6.45, 7) is 0. The molecule has 0 aliphatic rings. The van der Waals surface area contributed by atoms with Gasteiger partial charge in [0.05, 0.1) is 16.7 Å². The monoisotopic (exact) mass is 680 g/mol. The van der Waals surface area contributed by atoms with Crippen LogP contribution in [0.4, 0.5) is 0 Å². The molecular formula is C47H28N4S. The lowest BCUT2D eigenvalue weighted by Crippen LogP contribution is -2.01. The molecule has 3 aromatic heterocycles. The number of fused-ring (bicyclic) bond motifs is 9. The van der Waals surface area contributed by atoms with Gasteiger partial charge in [0.2, 0.25) is 0 Å². The number of para-hydroxylation sites is 1. The van der Waals surface area contributed by atoms with E-state index in [0.29, 0.717) is 17.5 Å². The molecule has 0 amide bonds. The normalized spacial score (nSPS) is 11.8. The van der Waals surface area contributed by atoms with Gasteiger partial charge < -0.3 is 4.57 Å². The van der Waals surface area contributed by atoms with Gasteiger partial charge in [-0.3, -0.25) is 0 Å². The fraction of sp³-hybridized carbons (Fsp3) is 0. The number of hydrogen-bond donors (Lipinski definition) is 0. The standard InChI is InChI=1S/C47H28N4S/c1-2-13-30(14-3-1)45-48-46(31-22-24-36-35-18-9-11-21-42(35)52-43(36)28-31)50-47(49-45)37-25-27-40(34-17-7-6-16-33(34)37)51-39-20-10-8-19-38(39)44-32-15-5-4-12-29(32)23-26-41(44)51/h1-28H. The molecular weight excluding hydrogens is 653 g/mol. The quantitative estimate of drug-likeness (QED) is 0.186. The van der Waals surface area contributed by atoms with Crippen LogP contribution in [0.15, 0.2) is 170 Å². The molecule has 0 saturated carbocycles. The smallest absolute Gasteiger partial charge is 0.164 e. The Kier molecular flexibility index (Phi) is 6.39. The lowest BCUT2D eigenvalue weighted by atomic mass is 10.0. The van der Waals surface area contributed by atoms with Crippen LogP contribution in [-0.2, 0) is 0 Å². The maximum Gasteiger partial charge on any atom is 0.164 e. The maximum absolute atomic E-state index is 5.21. The molecule has 0 spiro atoms. The molecule has 0 aliphatic heterocycles. The summed E-state index contributed by atoms with van der Waals surface area (Å²) >= 11 is 1.80. The molecule has 0 unspecified atom stereocenters. The van der Waals surface area contributed by atoms with E-state index in [0.717, 1.165) is 33.2 Å². The van der Waals surface area contributed by atoms with E-state index in [4.69, 9.17) is 15.0 Å². The zero-order valence-electron chi connectivity index (χ0n) is 27.9. The third-order valence-electron chi connectivity index (χ3n) is 10.2. The topological polar surface area (TPSA) is 43.6 Å². The Morgan fingerprint density at radius 1 is 0.385 bits per heavy atom. The molecule has 0 N–H and O–H groups in total. The van der Waals surface area contributed by atoms with Crippen molar-refractivity contribution in [3.05, 3.63) is 170 Å². The van der Waals surface area contributed by atoms with Gasteiger partial charge in [0.15, 0.2) is 17.5 Å². The zero-order chi connectivity index (χ0) is 34.2. The molecule has 0 bridgehead atoms. The first-order valence-corrected chi connectivity index (χ1v) is 18.3. The summed E-state index contributed by atoms with van der Waals surface area (Å²) in [5, 5.41) is 9.76. The molecule has 4 nitrogen and oxygen atoms in total. The highest BCUT2D eigenvalue weighted by molar-refractivity contribution is 7.25. The molecule has 11 aromatic rings. The van der Waals surface area contributed by atoms with Gasteiger partial charge in [-0.2, -0.15) is 0 Å². The van der Waals surface area contributed by atoms with Gasteiger partial charge in [-0.05, 0) is 52.6 Å². The van der Waals surface area contributed by atoms with Crippen LogP contribution in [0.25, 0.3) is 103 Å². The number of thiophene rings is 1. The van der Waals surface area contributed by atoms with Crippen LogP contribution < -0.4 is 0 Å². The van der Waals surface area contributed by atoms with Crippen molar-refractivity contribution in [3.63, 3.8) is 0 Å². The van der Waals surface area contributed by atoms with Crippen LogP contribution in [0.5, 0.6) is 0 Å². The Labute approximate surface area is 302 Å². The van der Waals surface area contributed by atoms with Crippen molar-refractivity contribution in [2.45, 2.75) is 0 Å². The van der Waals surface area contributed by atoms with Crippen LogP contribution >= 0.6 is 11.3 Å². The van der Waals surface area contributed by atoms with Crippen LogP contribution in [0.3, 0.4) is 0 Å². The van der Waals surface area contributed by atoms with Crippen LogP contribution in [-0.4, -0.2) is 19.5 Å². The molecule has 11 rings (SSSR count). The van der Waals surface area contributed by atoms with Gasteiger partial charge >= 0.3 is 0 Å². The Balaban J connectivity index is 1.15. The van der Waals surface area contributed by atoms with E-state index in [2.05, 4.69) is 156 Å². The van der Waals surface area contributed by atoms with Crippen molar-refractivity contribution >= 4 is 74.9 Å². The highest BCUT2D eigenvalue weighted by Crippen LogP contribution is 2.41. The first-order chi connectivity index (χ1) is 25.8. The van der Waals surface area contributed by atoms with E-state index in [-0.39, 0.29) is 0 Å². The lowest BCUT2D eigenvalue weighted by Gasteiger charge is -2.15. The van der Waals surface area contributed by atoms with E-state index < -0.39 is 0 Å². The summed E-state index contributed by atoms with van der Waals surface area (Å²) in [4.78, 5) is 15.4. The zero-order valence-corrected chi connectivity index (χ0v) is 28.7. The second-order valence-corrected chi connectivity index (χ2v) is 14.3. The Morgan fingerprint density at radius 3 is 1.90 bits per heavy atom. The van der Waals surface area contributed by atoms with E-state index in [1.54, 1.807) is 11.3 Å².